The Morgan fingerprint density at radius 2 is 2.06 bits per heavy atom. The lowest BCUT2D eigenvalue weighted by molar-refractivity contribution is 0.459. The first-order valence-electron chi connectivity index (χ1n) is 5.62. The summed E-state index contributed by atoms with van der Waals surface area (Å²) in [6, 6.07) is 3.36. The maximum atomic E-state index is 13.7. The van der Waals surface area contributed by atoms with Gasteiger partial charge < -0.3 is 5.73 Å². The first-order valence-corrected chi connectivity index (χ1v) is 5.62. The van der Waals surface area contributed by atoms with Crippen molar-refractivity contribution in [1.82, 2.24) is 0 Å². The fourth-order valence-corrected chi connectivity index (χ4v) is 2.37. The van der Waals surface area contributed by atoms with E-state index in [0.29, 0.717) is 5.56 Å². The van der Waals surface area contributed by atoms with Crippen molar-refractivity contribution in [3.8, 4) is 0 Å². The Morgan fingerprint density at radius 3 is 2.44 bits per heavy atom. The van der Waals surface area contributed by atoms with Crippen molar-refractivity contribution in [3.05, 3.63) is 34.6 Å². The molecule has 1 aliphatic carbocycles. The van der Waals surface area contributed by atoms with Crippen molar-refractivity contribution in [2.24, 2.45) is 5.73 Å². The molecule has 88 valence electrons. The lowest BCUT2D eigenvalue weighted by Crippen LogP contribution is -2.31. The molecular formula is C13H17F2N. The normalized spacial score (nSPS) is 19.6. The third-order valence-electron chi connectivity index (χ3n) is 3.79. The third kappa shape index (κ3) is 1.63. The van der Waals surface area contributed by atoms with E-state index in [-0.39, 0.29) is 17.0 Å². The highest BCUT2D eigenvalue weighted by molar-refractivity contribution is 5.40. The second-order valence-corrected chi connectivity index (χ2v) is 4.83. The second kappa shape index (κ2) is 3.81. The standard InChI is InChI=1S/C13H17F2N/c1-8-5-10(6-12(15)11(8)7-14)13(3-4-13)9(2)16/h5-6,9H,3-4,7,16H2,1-2H3. The van der Waals surface area contributed by atoms with Crippen LogP contribution in [0, 0.1) is 12.7 Å². The van der Waals surface area contributed by atoms with E-state index in [1.165, 1.54) is 6.07 Å². The van der Waals surface area contributed by atoms with Crippen LogP contribution in [0.25, 0.3) is 0 Å². The van der Waals surface area contributed by atoms with Gasteiger partial charge in [0.2, 0.25) is 0 Å². The molecule has 0 spiro atoms. The van der Waals surface area contributed by atoms with E-state index in [9.17, 15) is 8.78 Å². The Bertz CT molecular complexity index is 385. The monoisotopic (exact) mass is 225 g/mol. The summed E-state index contributed by atoms with van der Waals surface area (Å²) in [6.45, 7) is 2.95. The fourth-order valence-electron chi connectivity index (χ4n) is 2.37. The molecule has 1 unspecified atom stereocenters. The second-order valence-electron chi connectivity index (χ2n) is 4.83. The molecule has 0 amide bonds. The molecule has 0 bridgehead atoms. The van der Waals surface area contributed by atoms with Gasteiger partial charge in [0.05, 0.1) is 0 Å². The number of hydrogen-bond acceptors (Lipinski definition) is 1. The zero-order chi connectivity index (χ0) is 11.9. The highest BCUT2D eigenvalue weighted by Gasteiger charge is 2.47. The van der Waals surface area contributed by atoms with Gasteiger partial charge in [-0.2, -0.15) is 0 Å². The van der Waals surface area contributed by atoms with Gasteiger partial charge in [0.25, 0.3) is 0 Å². The van der Waals surface area contributed by atoms with Gasteiger partial charge in [-0.05, 0) is 43.9 Å². The summed E-state index contributed by atoms with van der Waals surface area (Å²) in [5.41, 5.74) is 7.65. The van der Waals surface area contributed by atoms with Crippen LogP contribution in [0.4, 0.5) is 8.78 Å². The van der Waals surface area contributed by atoms with Crippen molar-refractivity contribution < 1.29 is 8.78 Å². The molecule has 0 saturated heterocycles. The van der Waals surface area contributed by atoms with Crippen LogP contribution >= 0.6 is 0 Å². The molecule has 0 aliphatic heterocycles. The van der Waals surface area contributed by atoms with E-state index in [4.69, 9.17) is 5.73 Å². The van der Waals surface area contributed by atoms with Crippen LogP contribution in [0.5, 0.6) is 0 Å². The minimum atomic E-state index is -0.747. The van der Waals surface area contributed by atoms with E-state index in [0.717, 1.165) is 18.4 Å². The molecule has 2 N–H and O–H groups in total. The molecule has 1 saturated carbocycles. The quantitative estimate of drug-likeness (QED) is 0.840. The van der Waals surface area contributed by atoms with E-state index < -0.39 is 12.5 Å². The van der Waals surface area contributed by atoms with Crippen LogP contribution in [-0.4, -0.2) is 6.04 Å². The Labute approximate surface area is 94.7 Å². The van der Waals surface area contributed by atoms with Crippen LogP contribution in [-0.2, 0) is 12.1 Å². The van der Waals surface area contributed by atoms with Gasteiger partial charge in [-0.1, -0.05) is 6.07 Å². The molecule has 0 aromatic heterocycles. The predicted molar refractivity (Wildman–Crippen MR) is 60.5 cm³/mol. The number of hydrogen-bond donors (Lipinski definition) is 1. The van der Waals surface area contributed by atoms with Gasteiger partial charge in [0.1, 0.15) is 12.5 Å². The van der Waals surface area contributed by atoms with Gasteiger partial charge in [-0.15, -0.1) is 0 Å². The number of rotatable bonds is 3. The van der Waals surface area contributed by atoms with Gasteiger partial charge in [0.15, 0.2) is 0 Å². The Balaban J connectivity index is 2.45. The maximum absolute atomic E-state index is 13.7. The van der Waals surface area contributed by atoms with Gasteiger partial charge >= 0.3 is 0 Å². The molecular weight excluding hydrogens is 208 g/mol. The number of halogens is 2. The topological polar surface area (TPSA) is 26.0 Å². The Morgan fingerprint density at radius 1 is 1.44 bits per heavy atom. The van der Waals surface area contributed by atoms with Crippen LogP contribution in [0.2, 0.25) is 0 Å². The molecule has 1 aliphatic rings. The van der Waals surface area contributed by atoms with Crippen LogP contribution in [0.1, 0.15) is 36.5 Å². The molecule has 2 rings (SSSR count). The van der Waals surface area contributed by atoms with Gasteiger partial charge in [-0.3, -0.25) is 0 Å². The lowest BCUT2D eigenvalue weighted by atomic mass is 9.87. The van der Waals surface area contributed by atoms with Crippen molar-refractivity contribution in [2.45, 2.75) is 44.8 Å². The Hall–Kier alpha value is -0.960. The van der Waals surface area contributed by atoms with Crippen LogP contribution in [0.15, 0.2) is 12.1 Å². The van der Waals surface area contributed by atoms with E-state index in [1.54, 1.807) is 6.92 Å². The molecule has 3 heteroatoms. The molecule has 1 fully saturated rings. The van der Waals surface area contributed by atoms with Crippen molar-refractivity contribution in [2.75, 3.05) is 0 Å². The minimum Gasteiger partial charge on any atom is -0.327 e. The summed E-state index contributed by atoms with van der Waals surface area (Å²) in [5, 5.41) is 0. The number of nitrogens with two attached hydrogens (primary N) is 1. The summed E-state index contributed by atoms with van der Waals surface area (Å²) in [6.07, 6.45) is 2.00. The lowest BCUT2D eigenvalue weighted by Gasteiger charge is -2.21. The first kappa shape index (κ1) is 11.5. The molecule has 0 heterocycles. The highest BCUT2D eigenvalue weighted by Crippen LogP contribution is 2.50. The smallest absolute Gasteiger partial charge is 0.129 e. The molecule has 0 radical (unpaired) electrons. The van der Waals surface area contributed by atoms with Gasteiger partial charge in [-0.25, -0.2) is 8.78 Å². The highest BCUT2D eigenvalue weighted by atomic mass is 19.1. The largest absolute Gasteiger partial charge is 0.327 e. The van der Waals surface area contributed by atoms with E-state index in [2.05, 4.69) is 0 Å². The number of aryl methyl sites for hydroxylation is 1. The predicted octanol–water partition coefficient (Wildman–Crippen LogP) is 2.98. The number of alkyl halides is 1. The van der Waals surface area contributed by atoms with Gasteiger partial charge in [0, 0.05) is 17.0 Å². The average molecular weight is 225 g/mol. The van der Waals surface area contributed by atoms with Crippen LogP contribution in [0.3, 0.4) is 0 Å². The first-order chi connectivity index (χ1) is 7.51. The Kier molecular flexibility index (Phi) is 2.74. The molecule has 1 aromatic rings. The van der Waals surface area contributed by atoms with Crippen LogP contribution < -0.4 is 5.73 Å². The van der Waals surface area contributed by atoms with Crippen molar-refractivity contribution >= 4 is 0 Å². The van der Waals surface area contributed by atoms with E-state index in [1.807, 2.05) is 13.0 Å². The summed E-state index contributed by atoms with van der Waals surface area (Å²) >= 11 is 0. The summed E-state index contributed by atoms with van der Waals surface area (Å²) in [4.78, 5) is 0. The minimum absolute atomic E-state index is 0.0162. The zero-order valence-electron chi connectivity index (χ0n) is 9.69. The molecule has 1 atom stereocenters. The SMILES string of the molecule is Cc1cc(C2(C(C)N)CC2)cc(F)c1CF. The third-order valence-corrected chi connectivity index (χ3v) is 3.79. The average Bonchev–Trinajstić information content (AvgIpc) is 2.97. The van der Waals surface area contributed by atoms with Crippen molar-refractivity contribution in [1.29, 1.82) is 0 Å². The summed E-state index contributed by atoms with van der Waals surface area (Å²) < 4.78 is 26.2. The zero-order valence-corrected chi connectivity index (χ0v) is 9.69. The molecule has 1 nitrogen and oxygen atoms in total. The summed E-state index contributed by atoms with van der Waals surface area (Å²) in [5.74, 6) is -0.440. The number of benzene rings is 1. The molecule has 16 heavy (non-hydrogen) atoms. The van der Waals surface area contributed by atoms with E-state index >= 15 is 0 Å². The molecule has 1 aromatic carbocycles. The maximum Gasteiger partial charge on any atom is 0.129 e. The van der Waals surface area contributed by atoms with Crippen molar-refractivity contribution in [3.63, 3.8) is 0 Å². The fraction of sp³-hybridized carbons (Fsp3) is 0.538. The summed E-state index contributed by atoms with van der Waals surface area (Å²) in [7, 11) is 0.